The topological polar surface area (TPSA) is 41.3 Å². The van der Waals surface area contributed by atoms with E-state index in [1.165, 1.54) is 25.2 Å². The van der Waals surface area contributed by atoms with Gasteiger partial charge in [-0.3, -0.25) is 0 Å². The van der Waals surface area contributed by atoms with Gasteiger partial charge in [0.1, 0.15) is 12.1 Å². The first-order valence-electron chi connectivity index (χ1n) is 7.23. The van der Waals surface area contributed by atoms with Crippen LogP contribution in [0.25, 0.3) is 0 Å². The van der Waals surface area contributed by atoms with Crippen LogP contribution in [0.1, 0.15) is 43.9 Å². The molecule has 0 bridgehead atoms. The first kappa shape index (κ1) is 12.2. The normalized spacial score (nSPS) is 28.6. The van der Waals surface area contributed by atoms with Gasteiger partial charge in [0.05, 0.1) is 0 Å². The van der Waals surface area contributed by atoms with Crippen LogP contribution >= 0.6 is 0 Å². The van der Waals surface area contributed by atoms with E-state index in [1.807, 2.05) is 6.20 Å². The Bertz CT molecular complexity index is 415. The van der Waals surface area contributed by atoms with E-state index in [0.717, 1.165) is 38.1 Å². The van der Waals surface area contributed by atoms with Crippen LogP contribution in [0.4, 0.5) is 0 Å². The fourth-order valence-corrected chi connectivity index (χ4v) is 3.36. The number of likely N-dealkylation sites (tertiary alicyclic amines) is 1. The Morgan fingerprint density at radius 1 is 1.44 bits per heavy atom. The van der Waals surface area contributed by atoms with Crippen molar-refractivity contribution >= 4 is 0 Å². The van der Waals surface area contributed by atoms with Crippen LogP contribution in [0.2, 0.25) is 0 Å². The van der Waals surface area contributed by atoms with Gasteiger partial charge in [-0.1, -0.05) is 6.92 Å². The minimum Gasteiger partial charge on any atom is -0.373 e. The van der Waals surface area contributed by atoms with E-state index in [9.17, 15) is 5.11 Å². The average Bonchev–Trinajstić information content (AvgIpc) is 2.98. The molecular weight excluding hydrogens is 226 g/mol. The lowest BCUT2D eigenvalue weighted by atomic mass is 10.0. The molecule has 2 unspecified atom stereocenters. The molecule has 4 nitrogen and oxygen atoms in total. The minimum absolute atomic E-state index is 0.338. The highest BCUT2D eigenvalue weighted by molar-refractivity contribution is 5.10. The summed E-state index contributed by atoms with van der Waals surface area (Å²) in [5, 5.41) is 10.1. The zero-order valence-corrected chi connectivity index (χ0v) is 11.2. The Labute approximate surface area is 109 Å². The minimum atomic E-state index is -0.338. The molecule has 0 aromatic carbocycles. The predicted molar refractivity (Wildman–Crippen MR) is 70.3 cm³/mol. The molecule has 0 spiro atoms. The van der Waals surface area contributed by atoms with E-state index in [4.69, 9.17) is 0 Å². The number of aryl methyl sites for hydroxylation is 1. The van der Waals surface area contributed by atoms with E-state index in [0.29, 0.717) is 5.92 Å². The Balaban J connectivity index is 1.72. The summed E-state index contributed by atoms with van der Waals surface area (Å²) in [6.45, 7) is 5.79. The summed E-state index contributed by atoms with van der Waals surface area (Å²) in [5.74, 6) is 1.81. The average molecular weight is 249 g/mol. The maximum atomic E-state index is 10.1. The molecule has 3 rings (SSSR count). The molecule has 0 amide bonds. The standard InChI is InChI=1S/C14H23N3O/c1-2-16-7-6-11(10-16)8-13-15-9-12-4-3-5-14(18)17(12)13/h9,11,14,18H,2-8,10H2,1H3. The number of nitrogens with zero attached hydrogens (tertiary/aromatic N) is 3. The second-order valence-electron chi connectivity index (χ2n) is 5.66. The van der Waals surface area contributed by atoms with Gasteiger partial charge in [0.15, 0.2) is 0 Å². The van der Waals surface area contributed by atoms with Gasteiger partial charge in [0, 0.05) is 24.9 Å². The van der Waals surface area contributed by atoms with Gasteiger partial charge in [-0.05, 0) is 44.7 Å². The molecule has 0 aliphatic carbocycles. The largest absolute Gasteiger partial charge is 0.373 e. The summed E-state index contributed by atoms with van der Waals surface area (Å²) in [7, 11) is 0. The molecule has 1 saturated heterocycles. The van der Waals surface area contributed by atoms with E-state index in [-0.39, 0.29) is 6.23 Å². The monoisotopic (exact) mass is 249 g/mol. The predicted octanol–water partition coefficient (Wildman–Crippen LogP) is 1.59. The molecule has 2 aliphatic rings. The molecular formula is C14H23N3O. The van der Waals surface area contributed by atoms with Crippen LogP contribution in [0.5, 0.6) is 0 Å². The van der Waals surface area contributed by atoms with E-state index in [1.54, 1.807) is 0 Å². The van der Waals surface area contributed by atoms with Crippen molar-refractivity contribution in [3.63, 3.8) is 0 Å². The molecule has 2 aliphatic heterocycles. The lowest BCUT2D eigenvalue weighted by Gasteiger charge is -2.23. The van der Waals surface area contributed by atoms with Crippen molar-refractivity contribution in [2.75, 3.05) is 19.6 Å². The van der Waals surface area contributed by atoms with Crippen molar-refractivity contribution in [2.45, 2.75) is 45.3 Å². The number of aliphatic hydroxyl groups excluding tert-OH is 1. The zero-order chi connectivity index (χ0) is 12.5. The summed E-state index contributed by atoms with van der Waals surface area (Å²) >= 11 is 0. The van der Waals surface area contributed by atoms with Gasteiger partial charge in [-0.25, -0.2) is 4.98 Å². The Morgan fingerprint density at radius 3 is 3.11 bits per heavy atom. The first-order valence-corrected chi connectivity index (χ1v) is 7.23. The van der Waals surface area contributed by atoms with Crippen LogP contribution < -0.4 is 0 Å². The van der Waals surface area contributed by atoms with E-state index < -0.39 is 0 Å². The Morgan fingerprint density at radius 2 is 2.33 bits per heavy atom. The fraction of sp³-hybridized carbons (Fsp3) is 0.786. The highest BCUT2D eigenvalue weighted by Gasteiger charge is 2.26. The molecule has 3 heterocycles. The van der Waals surface area contributed by atoms with Crippen molar-refractivity contribution in [3.05, 3.63) is 17.7 Å². The van der Waals surface area contributed by atoms with Gasteiger partial charge < -0.3 is 14.6 Å². The van der Waals surface area contributed by atoms with Gasteiger partial charge in [-0.15, -0.1) is 0 Å². The van der Waals surface area contributed by atoms with Crippen molar-refractivity contribution in [1.29, 1.82) is 0 Å². The maximum absolute atomic E-state index is 10.1. The molecule has 1 aromatic heterocycles. The highest BCUT2D eigenvalue weighted by Crippen LogP contribution is 2.27. The number of hydrogen-bond donors (Lipinski definition) is 1. The van der Waals surface area contributed by atoms with E-state index >= 15 is 0 Å². The maximum Gasteiger partial charge on any atom is 0.132 e. The van der Waals surface area contributed by atoms with Crippen LogP contribution in [0.3, 0.4) is 0 Å². The van der Waals surface area contributed by atoms with Gasteiger partial charge in [0.25, 0.3) is 0 Å². The third-order valence-electron chi connectivity index (χ3n) is 4.43. The number of fused-ring (bicyclic) bond motifs is 1. The van der Waals surface area contributed by atoms with Crippen LogP contribution in [0, 0.1) is 5.92 Å². The van der Waals surface area contributed by atoms with Gasteiger partial charge in [-0.2, -0.15) is 0 Å². The molecule has 0 saturated carbocycles. The summed E-state index contributed by atoms with van der Waals surface area (Å²) in [5.41, 5.74) is 1.22. The third-order valence-corrected chi connectivity index (χ3v) is 4.43. The second kappa shape index (κ2) is 5.02. The summed E-state index contributed by atoms with van der Waals surface area (Å²) in [6.07, 6.45) is 6.94. The highest BCUT2D eigenvalue weighted by atomic mass is 16.3. The smallest absolute Gasteiger partial charge is 0.132 e. The molecule has 4 heteroatoms. The van der Waals surface area contributed by atoms with Crippen LogP contribution in [0.15, 0.2) is 6.20 Å². The van der Waals surface area contributed by atoms with Crippen LogP contribution in [-0.4, -0.2) is 39.2 Å². The van der Waals surface area contributed by atoms with Crippen molar-refractivity contribution in [3.8, 4) is 0 Å². The number of aromatic nitrogens is 2. The van der Waals surface area contributed by atoms with E-state index in [2.05, 4.69) is 21.4 Å². The summed E-state index contributed by atoms with van der Waals surface area (Å²) < 4.78 is 2.08. The number of aliphatic hydroxyl groups is 1. The quantitative estimate of drug-likeness (QED) is 0.884. The van der Waals surface area contributed by atoms with Crippen molar-refractivity contribution in [2.24, 2.45) is 5.92 Å². The third kappa shape index (κ3) is 2.19. The number of hydrogen-bond acceptors (Lipinski definition) is 3. The summed E-state index contributed by atoms with van der Waals surface area (Å²) in [6, 6.07) is 0. The molecule has 100 valence electrons. The number of imidazole rings is 1. The molecule has 0 radical (unpaired) electrons. The SMILES string of the molecule is CCN1CCC(Cc2ncc3n2C(O)CCC3)C1. The number of rotatable bonds is 3. The molecule has 1 aromatic rings. The molecule has 2 atom stereocenters. The van der Waals surface area contributed by atoms with Gasteiger partial charge in [0.2, 0.25) is 0 Å². The first-order chi connectivity index (χ1) is 8.78. The Kier molecular flexibility index (Phi) is 3.39. The lowest BCUT2D eigenvalue weighted by molar-refractivity contribution is 0.0752. The van der Waals surface area contributed by atoms with Crippen molar-refractivity contribution < 1.29 is 5.11 Å². The lowest BCUT2D eigenvalue weighted by Crippen LogP contribution is -2.23. The van der Waals surface area contributed by atoms with Crippen LogP contribution in [-0.2, 0) is 12.8 Å². The fourth-order valence-electron chi connectivity index (χ4n) is 3.36. The van der Waals surface area contributed by atoms with Crippen molar-refractivity contribution in [1.82, 2.24) is 14.5 Å². The van der Waals surface area contributed by atoms with Gasteiger partial charge >= 0.3 is 0 Å². The zero-order valence-electron chi connectivity index (χ0n) is 11.2. The second-order valence-corrected chi connectivity index (χ2v) is 5.66. The Hall–Kier alpha value is -0.870. The summed E-state index contributed by atoms with van der Waals surface area (Å²) in [4.78, 5) is 7.05. The molecule has 18 heavy (non-hydrogen) atoms. The molecule has 1 N–H and O–H groups in total. The molecule has 1 fully saturated rings.